The molecule has 1 fully saturated rings. The van der Waals surface area contributed by atoms with E-state index in [1.807, 2.05) is 30.3 Å². The largest absolute Gasteiger partial charge is 0.391 e. The van der Waals surface area contributed by atoms with Crippen molar-refractivity contribution in [3.05, 3.63) is 71.5 Å². The monoisotopic (exact) mass is 327 g/mol. The molecule has 1 amide bonds. The smallest absolute Gasteiger partial charge is 0.224 e. The van der Waals surface area contributed by atoms with Gasteiger partial charge in [-0.3, -0.25) is 4.79 Å². The molecule has 0 aliphatic heterocycles. The molecule has 0 spiro atoms. The van der Waals surface area contributed by atoms with Crippen molar-refractivity contribution in [1.82, 2.24) is 5.32 Å². The molecular formula is C20H22FNO2. The fraction of sp³-hybridized carbons (Fsp3) is 0.350. The van der Waals surface area contributed by atoms with E-state index in [4.69, 9.17) is 0 Å². The van der Waals surface area contributed by atoms with Gasteiger partial charge in [-0.15, -0.1) is 0 Å². The minimum absolute atomic E-state index is 0.0512. The normalized spacial score (nSPS) is 21.8. The zero-order valence-corrected chi connectivity index (χ0v) is 13.7. The van der Waals surface area contributed by atoms with Crippen LogP contribution in [0.3, 0.4) is 0 Å². The number of aliphatic hydroxyl groups is 1. The summed E-state index contributed by atoms with van der Waals surface area (Å²) in [6.45, 7) is 1.80. The standard InChI is InChI=1S/C20H22FNO2/c1-13(19(23)11-14-7-3-2-4-8-14)22-20(24)17-12-16(17)15-9-5-6-10-18(15)21/h2-10,13,16-17,19,23H,11-12H2,1H3,(H,22,24). The summed E-state index contributed by atoms with van der Waals surface area (Å²) in [6.07, 6.45) is 0.500. The summed E-state index contributed by atoms with van der Waals surface area (Å²) >= 11 is 0. The lowest BCUT2D eigenvalue weighted by Gasteiger charge is -2.20. The van der Waals surface area contributed by atoms with Crippen LogP contribution in [0.1, 0.15) is 30.4 Å². The molecule has 1 aliphatic carbocycles. The predicted molar refractivity (Wildman–Crippen MR) is 91.0 cm³/mol. The Bertz CT molecular complexity index is 704. The molecule has 2 N–H and O–H groups in total. The zero-order chi connectivity index (χ0) is 17.1. The van der Waals surface area contributed by atoms with E-state index < -0.39 is 6.10 Å². The van der Waals surface area contributed by atoms with E-state index in [1.54, 1.807) is 25.1 Å². The summed E-state index contributed by atoms with van der Waals surface area (Å²) in [5.74, 6) is -0.615. The highest BCUT2D eigenvalue weighted by molar-refractivity contribution is 5.83. The number of nitrogens with one attached hydrogen (secondary N) is 1. The topological polar surface area (TPSA) is 49.3 Å². The van der Waals surface area contributed by atoms with Gasteiger partial charge in [-0.05, 0) is 36.5 Å². The lowest BCUT2D eigenvalue weighted by Crippen LogP contribution is -2.43. The van der Waals surface area contributed by atoms with Gasteiger partial charge in [0.15, 0.2) is 0 Å². The number of amides is 1. The van der Waals surface area contributed by atoms with Gasteiger partial charge in [0.05, 0.1) is 12.1 Å². The first-order valence-electron chi connectivity index (χ1n) is 8.33. The van der Waals surface area contributed by atoms with Crippen molar-refractivity contribution >= 4 is 5.91 Å². The van der Waals surface area contributed by atoms with E-state index in [-0.39, 0.29) is 29.6 Å². The molecule has 126 valence electrons. The zero-order valence-electron chi connectivity index (χ0n) is 13.7. The van der Waals surface area contributed by atoms with Gasteiger partial charge in [-0.2, -0.15) is 0 Å². The van der Waals surface area contributed by atoms with Crippen LogP contribution in [-0.4, -0.2) is 23.2 Å². The Morgan fingerprint density at radius 3 is 2.58 bits per heavy atom. The Morgan fingerprint density at radius 2 is 1.88 bits per heavy atom. The van der Waals surface area contributed by atoms with Crippen LogP contribution in [0.2, 0.25) is 0 Å². The molecule has 3 rings (SSSR count). The Morgan fingerprint density at radius 1 is 1.21 bits per heavy atom. The van der Waals surface area contributed by atoms with Crippen LogP contribution in [0.5, 0.6) is 0 Å². The van der Waals surface area contributed by atoms with E-state index >= 15 is 0 Å². The molecule has 2 aromatic rings. The summed E-state index contributed by atoms with van der Waals surface area (Å²) in [5, 5.41) is 13.1. The molecule has 4 unspecified atom stereocenters. The second-order valence-electron chi connectivity index (χ2n) is 6.52. The second-order valence-corrected chi connectivity index (χ2v) is 6.52. The second kappa shape index (κ2) is 7.14. The first kappa shape index (κ1) is 16.7. The van der Waals surface area contributed by atoms with Crippen LogP contribution in [0.25, 0.3) is 0 Å². The Balaban J connectivity index is 1.53. The molecule has 0 heterocycles. The summed E-state index contributed by atoms with van der Waals surface area (Å²) in [7, 11) is 0. The van der Waals surface area contributed by atoms with Crippen molar-refractivity contribution < 1.29 is 14.3 Å². The molecular weight excluding hydrogens is 305 g/mol. The lowest BCUT2D eigenvalue weighted by molar-refractivity contribution is -0.123. The molecule has 4 atom stereocenters. The SMILES string of the molecule is CC(NC(=O)C1CC1c1ccccc1F)C(O)Cc1ccccc1. The molecule has 4 heteroatoms. The molecule has 3 nitrogen and oxygen atoms in total. The minimum Gasteiger partial charge on any atom is -0.391 e. The number of carbonyl (C=O) groups excluding carboxylic acids is 1. The quantitative estimate of drug-likeness (QED) is 0.857. The number of aliphatic hydroxyl groups excluding tert-OH is 1. The van der Waals surface area contributed by atoms with Gasteiger partial charge in [-0.1, -0.05) is 48.5 Å². The van der Waals surface area contributed by atoms with Crippen LogP contribution in [0.15, 0.2) is 54.6 Å². The van der Waals surface area contributed by atoms with Crippen LogP contribution >= 0.6 is 0 Å². The average Bonchev–Trinajstić information content (AvgIpc) is 3.36. The van der Waals surface area contributed by atoms with Crippen molar-refractivity contribution in [3.8, 4) is 0 Å². The van der Waals surface area contributed by atoms with Crippen LogP contribution in [-0.2, 0) is 11.2 Å². The highest BCUT2D eigenvalue weighted by Gasteiger charge is 2.45. The van der Waals surface area contributed by atoms with Gasteiger partial charge in [0.1, 0.15) is 5.82 Å². The first-order chi connectivity index (χ1) is 11.6. The van der Waals surface area contributed by atoms with Gasteiger partial charge in [0.2, 0.25) is 5.91 Å². The molecule has 2 aromatic carbocycles. The molecule has 0 saturated heterocycles. The Labute approximate surface area is 141 Å². The number of benzene rings is 2. The molecule has 1 saturated carbocycles. The van der Waals surface area contributed by atoms with Gasteiger partial charge in [0, 0.05) is 12.3 Å². The maximum Gasteiger partial charge on any atom is 0.224 e. The molecule has 0 bridgehead atoms. The summed E-state index contributed by atoms with van der Waals surface area (Å²) in [4.78, 5) is 12.3. The Kier molecular flexibility index (Phi) is 4.95. The fourth-order valence-electron chi connectivity index (χ4n) is 3.06. The van der Waals surface area contributed by atoms with E-state index in [9.17, 15) is 14.3 Å². The highest BCUT2D eigenvalue weighted by Crippen LogP contribution is 2.48. The molecule has 1 aliphatic rings. The summed E-state index contributed by atoms with van der Waals surface area (Å²) < 4.78 is 13.8. The number of hydrogen-bond acceptors (Lipinski definition) is 2. The van der Waals surface area contributed by atoms with E-state index in [1.165, 1.54) is 6.07 Å². The van der Waals surface area contributed by atoms with Crippen molar-refractivity contribution in [2.24, 2.45) is 5.92 Å². The average molecular weight is 327 g/mol. The van der Waals surface area contributed by atoms with Crippen LogP contribution in [0, 0.1) is 11.7 Å². The van der Waals surface area contributed by atoms with E-state index in [2.05, 4.69) is 5.32 Å². The maximum absolute atomic E-state index is 13.8. The third-order valence-corrected chi connectivity index (χ3v) is 4.67. The maximum atomic E-state index is 13.8. The summed E-state index contributed by atoms with van der Waals surface area (Å²) in [5.41, 5.74) is 1.64. The number of hydrogen-bond donors (Lipinski definition) is 2. The van der Waals surface area contributed by atoms with E-state index in [0.29, 0.717) is 18.4 Å². The minimum atomic E-state index is -0.651. The predicted octanol–water partition coefficient (Wildman–Crippen LogP) is 3.04. The van der Waals surface area contributed by atoms with E-state index in [0.717, 1.165) is 5.56 Å². The number of halogens is 1. The lowest BCUT2D eigenvalue weighted by atomic mass is 10.0. The van der Waals surface area contributed by atoms with Crippen LogP contribution in [0.4, 0.5) is 4.39 Å². The summed E-state index contributed by atoms with van der Waals surface area (Å²) in [6, 6.07) is 15.9. The van der Waals surface area contributed by atoms with Crippen molar-refractivity contribution in [2.75, 3.05) is 0 Å². The fourth-order valence-corrected chi connectivity index (χ4v) is 3.06. The number of rotatable bonds is 6. The molecule has 0 radical (unpaired) electrons. The van der Waals surface area contributed by atoms with Gasteiger partial charge in [0.25, 0.3) is 0 Å². The highest BCUT2D eigenvalue weighted by atomic mass is 19.1. The van der Waals surface area contributed by atoms with Crippen molar-refractivity contribution in [2.45, 2.75) is 37.8 Å². The Hall–Kier alpha value is -2.20. The van der Waals surface area contributed by atoms with Crippen LogP contribution < -0.4 is 5.32 Å². The van der Waals surface area contributed by atoms with Crippen molar-refractivity contribution in [1.29, 1.82) is 0 Å². The molecule has 24 heavy (non-hydrogen) atoms. The van der Waals surface area contributed by atoms with Gasteiger partial charge < -0.3 is 10.4 Å². The third kappa shape index (κ3) is 3.82. The third-order valence-electron chi connectivity index (χ3n) is 4.67. The van der Waals surface area contributed by atoms with Gasteiger partial charge in [-0.25, -0.2) is 4.39 Å². The van der Waals surface area contributed by atoms with Crippen molar-refractivity contribution in [3.63, 3.8) is 0 Å². The van der Waals surface area contributed by atoms with Gasteiger partial charge >= 0.3 is 0 Å². The first-order valence-corrected chi connectivity index (χ1v) is 8.33. The molecule has 0 aromatic heterocycles. The number of carbonyl (C=O) groups is 1.